The fraction of sp³-hybridized carbons (Fsp3) is 0.538. The van der Waals surface area contributed by atoms with Gasteiger partial charge in [-0.15, -0.1) is 11.3 Å². The summed E-state index contributed by atoms with van der Waals surface area (Å²) in [6.45, 7) is 7.92. The topological polar surface area (TPSA) is 78.6 Å². The Hall–Kier alpha value is -0.315. The summed E-state index contributed by atoms with van der Waals surface area (Å²) in [7, 11) is -4.17. The molecular formula is C13H20BNO4S3. The minimum atomic E-state index is -3.67. The van der Waals surface area contributed by atoms with Gasteiger partial charge >= 0.3 is 7.12 Å². The molecule has 2 N–H and O–H groups in total. The van der Waals surface area contributed by atoms with Gasteiger partial charge in [0.1, 0.15) is 4.21 Å². The third kappa shape index (κ3) is 3.60. The standard InChI is InChI=1S/C13H20BNO4S3/c1-12(2)13(3,4)19-14(18-12)9(8-20)7-10-5-6-11(21-10)22(15,16)17/h5-7,20H,8H2,1-4H3,(H2,15,16,17). The fourth-order valence-corrected chi connectivity index (χ4v) is 3.90. The molecule has 1 aliphatic rings. The predicted molar refractivity (Wildman–Crippen MR) is 93.6 cm³/mol. The maximum Gasteiger partial charge on any atom is 0.491 e. The predicted octanol–water partition coefficient (Wildman–Crippen LogP) is 2.34. The van der Waals surface area contributed by atoms with E-state index in [-0.39, 0.29) is 4.21 Å². The molecule has 1 aromatic rings. The summed E-state index contributed by atoms with van der Waals surface area (Å²) in [5.41, 5.74) is -0.0215. The van der Waals surface area contributed by atoms with Gasteiger partial charge in [-0.25, -0.2) is 13.6 Å². The van der Waals surface area contributed by atoms with E-state index in [0.29, 0.717) is 5.75 Å². The molecule has 0 spiro atoms. The van der Waals surface area contributed by atoms with Crippen LogP contribution in [0.3, 0.4) is 0 Å². The monoisotopic (exact) mass is 361 g/mol. The normalized spacial score (nSPS) is 21.4. The average molecular weight is 361 g/mol. The Bertz CT molecular complexity index is 678. The first-order valence-corrected chi connectivity index (χ1v) is 9.75. The van der Waals surface area contributed by atoms with Crippen LogP contribution in [0.1, 0.15) is 32.6 Å². The Morgan fingerprint density at radius 2 is 1.86 bits per heavy atom. The van der Waals surface area contributed by atoms with Crippen molar-refractivity contribution < 1.29 is 17.7 Å². The molecule has 122 valence electrons. The van der Waals surface area contributed by atoms with E-state index in [1.54, 1.807) is 6.07 Å². The van der Waals surface area contributed by atoms with Gasteiger partial charge in [0.2, 0.25) is 10.0 Å². The average Bonchev–Trinajstić information content (AvgIpc) is 2.89. The maximum absolute atomic E-state index is 11.3. The fourth-order valence-electron chi connectivity index (χ4n) is 1.93. The molecule has 2 rings (SSSR count). The quantitative estimate of drug-likeness (QED) is 0.637. The van der Waals surface area contributed by atoms with Gasteiger partial charge in [0, 0.05) is 10.6 Å². The van der Waals surface area contributed by atoms with Crippen molar-refractivity contribution >= 4 is 47.2 Å². The second-order valence-corrected chi connectivity index (χ2v) is 9.39. The number of thiophene rings is 1. The molecule has 9 heteroatoms. The van der Waals surface area contributed by atoms with Gasteiger partial charge in [0.05, 0.1) is 11.2 Å². The Morgan fingerprint density at radius 3 is 2.27 bits per heavy atom. The molecule has 0 unspecified atom stereocenters. The zero-order valence-corrected chi connectivity index (χ0v) is 15.5. The van der Waals surface area contributed by atoms with Gasteiger partial charge in [-0.1, -0.05) is 0 Å². The number of nitrogens with two attached hydrogens (primary N) is 1. The molecule has 22 heavy (non-hydrogen) atoms. The summed E-state index contributed by atoms with van der Waals surface area (Å²) >= 11 is 5.44. The number of sulfonamides is 1. The molecule has 0 saturated carbocycles. The number of thiol groups is 1. The van der Waals surface area contributed by atoms with Gasteiger partial charge < -0.3 is 9.31 Å². The van der Waals surface area contributed by atoms with E-state index in [4.69, 9.17) is 14.4 Å². The van der Waals surface area contributed by atoms with Crippen LogP contribution < -0.4 is 5.14 Å². The van der Waals surface area contributed by atoms with E-state index in [1.807, 2.05) is 33.8 Å². The lowest BCUT2D eigenvalue weighted by atomic mass is 9.79. The largest absolute Gasteiger partial charge is 0.491 e. The minimum absolute atomic E-state index is 0.131. The number of primary sulfonamides is 1. The molecule has 0 amide bonds. The summed E-state index contributed by atoms with van der Waals surface area (Å²) in [5.74, 6) is 0.444. The maximum atomic E-state index is 11.3. The van der Waals surface area contributed by atoms with Crippen LogP contribution in [0, 0.1) is 0 Å². The highest BCUT2D eigenvalue weighted by Gasteiger charge is 2.52. The van der Waals surface area contributed by atoms with Crippen molar-refractivity contribution in [3.63, 3.8) is 0 Å². The molecule has 0 aliphatic carbocycles. The number of rotatable bonds is 4. The Labute approximate surface area is 141 Å². The second-order valence-electron chi connectivity index (χ2n) is 6.17. The highest BCUT2D eigenvalue weighted by atomic mass is 32.2. The highest BCUT2D eigenvalue weighted by Crippen LogP contribution is 2.39. The third-order valence-electron chi connectivity index (χ3n) is 3.95. The molecule has 2 heterocycles. The van der Waals surface area contributed by atoms with Gasteiger partial charge in [-0.3, -0.25) is 0 Å². The molecule has 0 radical (unpaired) electrons. The van der Waals surface area contributed by atoms with Crippen LogP contribution in [-0.2, 0) is 19.3 Å². The Balaban J connectivity index is 2.28. The van der Waals surface area contributed by atoms with Crippen molar-refractivity contribution in [1.29, 1.82) is 0 Å². The van der Waals surface area contributed by atoms with Crippen molar-refractivity contribution in [3.8, 4) is 0 Å². The van der Waals surface area contributed by atoms with Crippen LogP contribution in [0.5, 0.6) is 0 Å². The first-order valence-electron chi connectivity index (χ1n) is 6.76. The molecule has 0 atom stereocenters. The molecule has 1 fully saturated rings. The van der Waals surface area contributed by atoms with E-state index >= 15 is 0 Å². The van der Waals surface area contributed by atoms with Crippen molar-refractivity contribution in [2.45, 2.75) is 43.1 Å². The lowest BCUT2D eigenvalue weighted by Crippen LogP contribution is -2.41. The van der Waals surface area contributed by atoms with Crippen molar-refractivity contribution in [2.75, 3.05) is 5.75 Å². The lowest BCUT2D eigenvalue weighted by Gasteiger charge is -2.32. The van der Waals surface area contributed by atoms with Crippen molar-refractivity contribution in [3.05, 3.63) is 22.5 Å². The molecule has 0 bridgehead atoms. The molecule has 5 nitrogen and oxygen atoms in total. The van der Waals surface area contributed by atoms with Gasteiger partial charge in [-0.05, 0) is 51.4 Å². The van der Waals surface area contributed by atoms with E-state index in [1.165, 1.54) is 6.07 Å². The van der Waals surface area contributed by atoms with E-state index in [2.05, 4.69) is 12.6 Å². The Kier molecular flexibility index (Phi) is 4.88. The number of hydrogen-bond acceptors (Lipinski definition) is 6. The molecule has 0 aromatic carbocycles. The summed E-state index contributed by atoms with van der Waals surface area (Å²) < 4.78 is 34.8. The number of hydrogen-bond donors (Lipinski definition) is 2. The zero-order chi connectivity index (χ0) is 16.8. The van der Waals surface area contributed by atoms with E-state index in [0.717, 1.165) is 21.7 Å². The van der Waals surface area contributed by atoms with Crippen LogP contribution in [0.25, 0.3) is 6.08 Å². The molecule has 1 saturated heterocycles. The van der Waals surface area contributed by atoms with Crippen LogP contribution in [0.4, 0.5) is 0 Å². The summed E-state index contributed by atoms with van der Waals surface area (Å²) in [4.78, 5) is 0.766. The van der Waals surface area contributed by atoms with Gasteiger partial charge in [0.15, 0.2) is 0 Å². The van der Waals surface area contributed by atoms with Crippen LogP contribution >= 0.6 is 24.0 Å². The second kappa shape index (κ2) is 5.96. The van der Waals surface area contributed by atoms with Gasteiger partial charge in [-0.2, -0.15) is 12.6 Å². The van der Waals surface area contributed by atoms with Crippen molar-refractivity contribution in [1.82, 2.24) is 0 Å². The third-order valence-corrected chi connectivity index (χ3v) is 6.78. The summed E-state index contributed by atoms with van der Waals surface area (Å²) in [6.07, 6.45) is 1.84. The smallest absolute Gasteiger partial charge is 0.400 e. The SMILES string of the molecule is CC1(C)OB(C(=Cc2ccc(S(N)(=O)=O)s2)CS)OC1(C)C. The highest BCUT2D eigenvalue weighted by molar-refractivity contribution is 7.91. The van der Waals surface area contributed by atoms with E-state index < -0.39 is 28.3 Å². The van der Waals surface area contributed by atoms with Crippen LogP contribution in [-0.4, -0.2) is 32.5 Å². The first-order chi connectivity index (χ1) is 9.96. The van der Waals surface area contributed by atoms with Crippen LogP contribution in [0.15, 0.2) is 21.8 Å². The van der Waals surface area contributed by atoms with E-state index in [9.17, 15) is 8.42 Å². The summed E-state index contributed by atoms with van der Waals surface area (Å²) in [5, 5.41) is 5.12. The van der Waals surface area contributed by atoms with Crippen LogP contribution in [0.2, 0.25) is 0 Å². The molecule has 1 aliphatic heterocycles. The minimum Gasteiger partial charge on any atom is -0.400 e. The zero-order valence-electron chi connectivity index (χ0n) is 13.0. The first kappa shape index (κ1) is 18.0. The van der Waals surface area contributed by atoms with Gasteiger partial charge in [0.25, 0.3) is 0 Å². The molecule has 1 aromatic heterocycles. The lowest BCUT2D eigenvalue weighted by molar-refractivity contribution is 0.00578. The molecular weight excluding hydrogens is 341 g/mol. The summed E-state index contributed by atoms with van der Waals surface area (Å²) in [6, 6.07) is 3.20. The van der Waals surface area contributed by atoms with Crippen molar-refractivity contribution in [2.24, 2.45) is 5.14 Å². The Morgan fingerprint density at radius 1 is 1.32 bits per heavy atom.